The van der Waals surface area contributed by atoms with Crippen LogP contribution in [0.4, 0.5) is 5.69 Å². The maximum atomic E-state index is 12.2. The Morgan fingerprint density at radius 2 is 1.60 bits per heavy atom. The van der Waals surface area contributed by atoms with Gasteiger partial charge in [0.1, 0.15) is 0 Å². The van der Waals surface area contributed by atoms with Gasteiger partial charge in [-0.15, -0.1) is 0 Å². The lowest BCUT2D eigenvalue weighted by atomic mass is 10.0. The molecule has 0 aliphatic carbocycles. The van der Waals surface area contributed by atoms with Crippen molar-refractivity contribution in [2.75, 3.05) is 18.5 Å². The molecule has 0 saturated carbocycles. The van der Waals surface area contributed by atoms with Gasteiger partial charge in [0.15, 0.2) is 6.61 Å². The molecule has 2 rings (SSSR count). The van der Waals surface area contributed by atoms with Gasteiger partial charge in [0.25, 0.3) is 11.8 Å². The second-order valence-electron chi connectivity index (χ2n) is 6.73. The Balaban J connectivity index is 1.70. The van der Waals surface area contributed by atoms with Crippen molar-refractivity contribution in [2.45, 2.75) is 39.5 Å². The van der Waals surface area contributed by atoms with Crippen molar-refractivity contribution in [2.24, 2.45) is 0 Å². The van der Waals surface area contributed by atoms with E-state index in [0.717, 1.165) is 29.7 Å². The van der Waals surface area contributed by atoms with Crippen LogP contribution in [0.5, 0.6) is 0 Å². The van der Waals surface area contributed by atoms with Gasteiger partial charge in [-0.1, -0.05) is 43.6 Å². The van der Waals surface area contributed by atoms with Crippen LogP contribution >= 0.6 is 11.6 Å². The van der Waals surface area contributed by atoms with Gasteiger partial charge in [0.05, 0.1) is 0 Å². The molecular formula is C23H27ClN2O4. The van der Waals surface area contributed by atoms with Crippen molar-refractivity contribution in [1.82, 2.24) is 5.32 Å². The molecule has 0 radical (unpaired) electrons. The Morgan fingerprint density at radius 1 is 0.967 bits per heavy atom. The molecule has 2 aromatic carbocycles. The molecule has 0 fully saturated rings. The van der Waals surface area contributed by atoms with E-state index in [9.17, 15) is 14.4 Å². The van der Waals surface area contributed by atoms with E-state index in [-0.39, 0.29) is 24.8 Å². The van der Waals surface area contributed by atoms with Crippen molar-refractivity contribution < 1.29 is 19.1 Å². The number of ether oxygens (including phenoxy) is 1. The molecule has 0 aliphatic heterocycles. The number of hydrogen-bond acceptors (Lipinski definition) is 4. The third-order valence-corrected chi connectivity index (χ3v) is 4.83. The molecule has 2 N–H and O–H groups in total. The maximum Gasteiger partial charge on any atom is 0.306 e. The topological polar surface area (TPSA) is 84.5 Å². The predicted molar refractivity (Wildman–Crippen MR) is 118 cm³/mol. The van der Waals surface area contributed by atoms with Crippen LogP contribution in [0.15, 0.2) is 42.5 Å². The van der Waals surface area contributed by atoms with Crippen LogP contribution in [0.25, 0.3) is 0 Å². The van der Waals surface area contributed by atoms with E-state index < -0.39 is 5.97 Å². The average Bonchev–Trinajstić information content (AvgIpc) is 2.75. The SMILES string of the molecule is CCc1cccc(CC)c1NC(=O)COC(=O)CCCNC(=O)c1ccc(Cl)cc1. The molecule has 0 bridgehead atoms. The summed E-state index contributed by atoms with van der Waals surface area (Å²) in [6.07, 6.45) is 2.12. The summed E-state index contributed by atoms with van der Waals surface area (Å²) in [5, 5.41) is 6.14. The molecule has 2 amide bonds. The van der Waals surface area contributed by atoms with E-state index in [1.54, 1.807) is 24.3 Å². The molecule has 0 spiro atoms. The van der Waals surface area contributed by atoms with Crippen LogP contribution in [0.3, 0.4) is 0 Å². The number of anilines is 1. The quantitative estimate of drug-likeness (QED) is 0.438. The van der Waals surface area contributed by atoms with Crippen LogP contribution in [0, 0.1) is 0 Å². The number of rotatable bonds is 10. The molecular weight excluding hydrogens is 404 g/mol. The van der Waals surface area contributed by atoms with Gasteiger partial charge in [0.2, 0.25) is 0 Å². The second kappa shape index (κ2) is 12.0. The van der Waals surface area contributed by atoms with Gasteiger partial charge >= 0.3 is 5.97 Å². The van der Waals surface area contributed by atoms with Crippen LogP contribution in [0.1, 0.15) is 48.2 Å². The van der Waals surface area contributed by atoms with Gasteiger partial charge < -0.3 is 15.4 Å². The maximum absolute atomic E-state index is 12.2. The molecule has 2 aromatic rings. The minimum Gasteiger partial charge on any atom is -0.456 e. The molecule has 0 heterocycles. The molecule has 0 aromatic heterocycles. The highest BCUT2D eigenvalue weighted by Crippen LogP contribution is 2.22. The largest absolute Gasteiger partial charge is 0.456 e. The molecule has 0 saturated heterocycles. The van der Waals surface area contributed by atoms with Crippen molar-refractivity contribution in [3.8, 4) is 0 Å². The Hall–Kier alpha value is -2.86. The highest BCUT2D eigenvalue weighted by molar-refractivity contribution is 6.30. The zero-order valence-electron chi connectivity index (χ0n) is 17.3. The fourth-order valence-electron chi connectivity index (χ4n) is 2.93. The van der Waals surface area contributed by atoms with E-state index in [0.29, 0.717) is 23.6 Å². The first-order valence-corrected chi connectivity index (χ1v) is 10.4. The van der Waals surface area contributed by atoms with Gasteiger partial charge in [0, 0.05) is 29.2 Å². The average molecular weight is 431 g/mol. The molecule has 0 unspecified atom stereocenters. The first kappa shape index (κ1) is 23.4. The monoisotopic (exact) mass is 430 g/mol. The fraction of sp³-hybridized carbons (Fsp3) is 0.348. The summed E-state index contributed by atoms with van der Waals surface area (Å²) in [7, 11) is 0. The number of carbonyl (C=O) groups excluding carboxylic acids is 3. The highest BCUT2D eigenvalue weighted by atomic mass is 35.5. The number of esters is 1. The predicted octanol–water partition coefficient (Wildman–Crippen LogP) is 4.16. The number of amides is 2. The van der Waals surface area contributed by atoms with Gasteiger partial charge in [-0.25, -0.2) is 0 Å². The van der Waals surface area contributed by atoms with E-state index in [2.05, 4.69) is 10.6 Å². The number of carbonyl (C=O) groups is 3. The summed E-state index contributed by atoms with van der Waals surface area (Å²) in [6.45, 7) is 4.04. The first-order chi connectivity index (χ1) is 14.4. The Morgan fingerprint density at radius 3 is 2.20 bits per heavy atom. The van der Waals surface area contributed by atoms with E-state index in [4.69, 9.17) is 16.3 Å². The van der Waals surface area contributed by atoms with Crippen LogP contribution in [-0.2, 0) is 27.2 Å². The third-order valence-electron chi connectivity index (χ3n) is 4.58. The minimum atomic E-state index is -0.481. The normalized spacial score (nSPS) is 10.4. The lowest BCUT2D eigenvalue weighted by Gasteiger charge is -2.14. The summed E-state index contributed by atoms with van der Waals surface area (Å²) in [4.78, 5) is 36.0. The van der Waals surface area contributed by atoms with Gasteiger partial charge in [-0.3, -0.25) is 14.4 Å². The summed E-state index contributed by atoms with van der Waals surface area (Å²) in [5.41, 5.74) is 3.39. The van der Waals surface area contributed by atoms with E-state index in [1.165, 1.54) is 0 Å². The molecule has 160 valence electrons. The molecule has 30 heavy (non-hydrogen) atoms. The zero-order valence-corrected chi connectivity index (χ0v) is 18.1. The van der Waals surface area contributed by atoms with Crippen molar-refractivity contribution in [3.63, 3.8) is 0 Å². The van der Waals surface area contributed by atoms with E-state index in [1.807, 2.05) is 32.0 Å². The number of aryl methyl sites for hydroxylation is 2. The number of benzene rings is 2. The Bertz CT molecular complexity index is 859. The first-order valence-electron chi connectivity index (χ1n) is 10.0. The van der Waals surface area contributed by atoms with Crippen LogP contribution in [-0.4, -0.2) is 30.9 Å². The number of halogens is 1. The van der Waals surface area contributed by atoms with Crippen molar-refractivity contribution in [3.05, 3.63) is 64.2 Å². The Kier molecular flexibility index (Phi) is 9.35. The minimum absolute atomic E-state index is 0.111. The number of nitrogens with one attached hydrogen (secondary N) is 2. The fourth-order valence-corrected chi connectivity index (χ4v) is 3.06. The third kappa shape index (κ3) is 7.19. The lowest BCUT2D eigenvalue weighted by molar-refractivity contribution is -0.147. The Labute approximate surface area is 182 Å². The molecule has 7 heteroatoms. The van der Waals surface area contributed by atoms with Crippen LogP contribution < -0.4 is 10.6 Å². The van der Waals surface area contributed by atoms with Crippen molar-refractivity contribution in [1.29, 1.82) is 0 Å². The summed E-state index contributed by atoms with van der Waals surface area (Å²) < 4.78 is 5.05. The highest BCUT2D eigenvalue weighted by Gasteiger charge is 2.12. The summed E-state index contributed by atoms with van der Waals surface area (Å²) >= 11 is 5.79. The summed E-state index contributed by atoms with van der Waals surface area (Å²) in [6, 6.07) is 12.5. The van der Waals surface area contributed by atoms with Gasteiger partial charge in [-0.2, -0.15) is 0 Å². The molecule has 0 atom stereocenters. The smallest absolute Gasteiger partial charge is 0.306 e. The van der Waals surface area contributed by atoms with E-state index >= 15 is 0 Å². The molecule has 0 aliphatic rings. The standard InChI is InChI=1S/C23H27ClN2O4/c1-3-16-7-5-8-17(4-2)22(16)26-20(27)15-30-21(28)9-6-14-25-23(29)18-10-12-19(24)13-11-18/h5,7-8,10-13H,3-4,6,9,14-15H2,1-2H3,(H,25,29)(H,26,27). The summed E-state index contributed by atoms with van der Waals surface area (Å²) in [5.74, 6) is -1.08. The number of para-hydroxylation sites is 1. The molecule has 6 nitrogen and oxygen atoms in total. The van der Waals surface area contributed by atoms with Gasteiger partial charge in [-0.05, 0) is 54.7 Å². The van der Waals surface area contributed by atoms with Crippen molar-refractivity contribution >= 4 is 35.1 Å². The number of hydrogen-bond donors (Lipinski definition) is 2. The second-order valence-corrected chi connectivity index (χ2v) is 7.17. The lowest BCUT2D eigenvalue weighted by Crippen LogP contribution is -2.25. The zero-order chi connectivity index (χ0) is 21.9. The van der Waals surface area contributed by atoms with Crippen LogP contribution in [0.2, 0.25) is 5.02 Å².